The summed E-state index contributed by atoms with van der Waals surface area (Å²) in [5.74, 6) is 1.09. The fraction of sp³-hybridized carbons (Fsp3) is 0.476. The summed E-state index contributed by atoms with van der Waals surface area (Å²) in [6.07, 6.45) is 3.50. The molecule has 4 rings (SSSR count). The zero-order chi connectivity index (χ0) is 17.9. The van der Waals surface area contributed by atoms with Gasteiger partial charge in [0.15, 0.2) is 5.76 Å². The predicted octanol–water partition coefficient (Wildman–Crippen LogP) is 2.74. The number of ether oxygens (including phenoxy) is 1. The Kier molecular flexibility index (Phi) is 5.09. The van der Waals surface area contributed by atoms with Crippen LogP contribution in [0.3, 0.4) is 0 Å². The number of hydrogen-bond donors (Lipinski definition) is 0. The van der Waals surface area contributed by atoms with E-state index >= 15 is 0 Å². The lowest BCUT2D eigenvalue weighted by atomic mass is 9.87. The number of piperazine rings is 1. The molecule has 0 radical (unpaired) electrons. The number of nitrogens with zero attached hydrogens (tertiary/aromatic N) is 2. The van der Waals surface area contributed by atoms with Crippen LogP contribution in [0.2, 0.25) is 0 Å². The minimum Gasteiger partial charge on any atom is -0.453 e. The van der Waals surface area contributed by atoms with Gasteiger partial charge in [-0.3, -0.25) is 9.69 Å². The van der Waals surface area contributed by atoms with Gasteiger partial charge in [0, 0.05) is 39.3 Å². The molecule has 0 bridgehead atoms. The minimum absolute atomic E-state index is 0.0130. The molecule has 0 saturated carbocycles. The SMILES string of the molecule is COCc1ccc(C(=O)N2CCN([C@@H]3CCc4ccccc4C3)CC2)o1. The fourth-order valence-electron chi connectivity index (χ4n) is 4.15. The van der Waals surface area contributed by atoms with Crippen molar-refractivity contribution in [1.82, 2.24) is 9.80 Å². The quantitative estimate of drug-likeness (QED) is 0.847. The molecular weight excluding hydrogens is 328 g/mol. The van der Waals surface area contributed by atoms with Crippen molar-refractivity contribution in [2.45, 2.75) is 31.9 Å². The van der Waals surface area contributed by atoms with Crippen molar-refractivity contribution in [3.05, 3.63) is 59.0 Å². The molecule has 26 heavy (non-hydrogen) atoms. The lowest BCUT2D eigenvalue weighted by molar-refractivity contribution is 0.0520. The van der Waals surface area contributed by atoms with E-state index in [1.54, 1.807) is 13.2 Å². The van der Waals surface area contributed by atoms with Crippen LogP contribution >= 0.6 is 0 Å². The molecule has 2 aromatic rings. The summed E-state index contributed by atoms with van der Waals surface area (Å²) in [4.78, 5) is 17.1. The fourth-order valence-corrected chi connectivity index (χ4v) is 4.15. The smallest absolute Gasteiger partial charge is 0.289 e. The van der Waals surface area contributed by atoms with Gasteiger partial charge in [0.1, 0.15) is 12.4 Å². The van der Waals surface area contributed by atoms with Gasteiger partial charge in [-0.25, -0.2) is 0 Å². The largest absolute Gasteiger partial charge is 0.453 e. The van der Waals surface area contributed by atoms with Crippen molar-refractivity contribution in [1.29, 1.82) is 0 Å². The Balaban J connectivity index is 1.33. The number of fused-ring (bicyclic) bond motifs is 1. The van der Waals surface area contributed by atoms with Crippen LogP contribution in [0.25, 0.3) is 0 Å². The maximum atomic E-state index is 12.6. The molecule has 2 heterocycles. The summed E-state index contributed by atoms with van der Waals surface area (Å²) in [7, 11) is 1.62. The van der Waals surface area contributed by atoms with Crippen LogP contribution in [0.15, 0.2) is 40.8 Å². The molecule has 0 N–H and O–H groups in total. The first-order chi connectivity index (χ1) is 12.7. The number of methoxy groups -OCH3 is 1. The van der Waals surface area contributed by atoms with Crippen LogP contribution in [-0.4, -0.2) is 55.0 Å². The predicted molar refractivity (Wildman–Crippen MR) is 99.2 cm³/mol. The Hall–Kier alpha value is -2.11. The molecule has 1 atom stereocenters. The highest BCUT2D eigenvalue weighted by Crippen LogP contribution is 2.25. The molecule has 0 unspecified atom stereocenters. The van der Waals surface area contributed by atoms with E-state index in [9.17, 15) is 4.79 Å². The monoisotopic (exact) mass is 354 g/mol. The molecule has 0 spiro atoms. The van der Waals surface area contributed by atoms with E-state index < -0.39 is 0 Å². The van der Waals surface area contributed by atoms with Crippen molar-refractivity contribution in [2.75, 3.05) is 33.3 Å². The highest BCUT2D eigenvalue weighted by molar-refractivity contribution is 5.91. The van der Waals surface area contributed by atoms with Crippen molar-refractivity contribution in [3.63, 3.8) is 0 Å². The van der Waals surface area contributed by atoms with Gasteiger partial charge in [-0.1, -0.05) is 24.3 Å². The maximum absolute atomic E-state index is 12.6. The van der Waals surface area contributed by atoms with Crippen LogP contribution < -0.4 is 0 Å². The first-order valence-electron chi connectivity index (χ1n) is 9.42. The van der Waals surface area contributed by atoms with Gasteiger partial charge in [-0.2, -0.15) is 0 Å². The van der Waals surface area contributed by atoms with E-state index in [2.05, 4.69) is 29.2 Å². The molecule has 2 aliphatic rings. The van der Waals surface area contributed by atoms with E-state index in [-0.39, 0.29) is 5.91 Å². The van der Waals surface area contributed by atoms with E-state index in [4.69, 9.17) is 9.15 Å². The first-order valence-corrected chi connectivity index (χ1v) is 9.42. The van der Waals surface area contributed by atoms with Crippen LogP contribution in [0.4, 0.5) is 0 Å². The number of hydrogen-bond acceptors (Lipinski definition) is 4. The number of furan rings is 1. The third-order valence-electron chi connectivity index (χ3n) is 5.60. The second-order valence-electron chi connectivity index (χ2n) is 7.19. The standard InChI is InChI=1S/C21H26N2O3/c1-25-15-19-8-9-20(26-19)21(24)23-12-10-22(11-13-23)18-7-6-16-4-2-3-5-17(16)14-18/h2-5,8-9,18H,6-7,10-15H2,1H3/t18-/m1/s1. The average molecular weight is 354 g/mol. The van der Waals surface area contributed by atoms with Gasteiger partial charge in [-0.15, -0.1) is 0 Å². The second kappa shape index (κ2) is 7.64. The topological polar surface area (TPSA) is 45.9 Å². The van der Waals surface area contributed by atoms with Crippen molar-refractivity contribution in [3.8, 4) is 0 Å². The van der Waals surface area contributed by atoms with Gasteiger partial charge in [0.2, 0.25) is 0 Å². The van der Waals surface area contributed by atoms with Crippen molar-refractivity contribution >= 4 is 5.91 Å². The summed E-state index contributed by atoms with van der Waals surface area (Å²) in [6, 6.07) is 12.9. The Morgan fingerprint density at radius 2 is 1.88 bits per heavy atom. The molecule has 138 valence electrons. The van der Waals surface area contributed by atoms with Crippen LogP contribution in [0, 0.1) is 0 Å². The second-order valence-corrected chi connectivity index (χ2v) is 7.19. The summed E-state index contributed by atoms with van der Waals surface area (Å²) in [5.41, 5.74) is 2.99. The molecule has 1 aliphatic carbocycles. The van der Waals surface area contributed by atoms with Gasteiger partial charge >= 0.3 is 0 Å². The number of carbonyl (C=O) groups excluding carboxylic acids is 1. The first kappa shape index (κ1) is 17.3. The summed E-state index contributed by atoms with van der Waals surface area (Å²) >= 11 is 0. The Bertz CT molecular complexity index is 762. The minimum atomic E-state index is -0.0130. The number of amides is 1. The maximum Gasteiger partial charge on any atom is 0.289 e. The van der Waals surface area contributed by atoms with E-state index in [1.807, 2.05) is 11.0 Å². The summed E-state index contributed by atoms with van der Waals surface area (Å²) in [5, 5.41) is 0. The average Bonchev–Trinajstić information content (AvgIpc) is 3.16. The number of aryl methyl sites for hydroxylation is 1. The van der Waals surface area contributed by atoms with Gasteiger partial charge < -0.3 is 14.1 Å². The zero-order valence-corrected chi connectivity index (χ0v) is 15.3. The summed E-state index contributed by atoms with van der Waals surface area (Å²) < 4.78 is 10.6. The van der Waals surface area contributed by atoms with Crippen LogP contribution in [-0.2, 0) is 24.2 Å². The molecule has 5 heteroatoms. The molecule has 1 fully saturated rings. The Morgan fingerprint density at radius 1 is 1.12 bits per heavy atom. The van der Waals surface area contributed by atoms with Crippen molar-refractivity contribution in [2.24, 2.45) is 0 Å². The van der Waals surface area contributed by atoms with E-state index in [0.29, 0.717) is 24.2 Å². The van der Waals surface area contributed by atoms with Crippen LogP contribution in [0.5, 0.6) is 0 Å². The number of rotatable bonds is 4. The van der Waals surface area contributed by atoms with Gasteiger partial charge in [0.25, 0.3) is 5.91 Å². The normalized spacial score (nSPS) is 20.8. The number of benzene rings is 1. The molecule has 1 aromatic carbocycles. The Morgan fingerprint density at radius 3 is 2.65 bits per heavy atom. The molecular formula is C21H26N2O3. The molecule has 1 amide bonds. The molecule has 5 nitrogen and oxygen atoms in total. The lowest BCUT2D eigenvalue weighted by Crippen LogP contribution is -2.53. The summed E-state index contributed by atoms with van der Waals surface area (Å²) in [6.45, 7) is 3.78. The Labute approximate surface area is 154 Å². The third kappa shape index (κ3) is 3.55. The van der Waals surface area contributed by atoms with Gasteiger partial charge in [0.05, 0.1) is 0 Å². The van der Waals surface area contributed by atoms with E-state index in [0.717, 1.165) is 39.0 Å². The third-order valence-corrected chi connectivity index (χ3v) is 5.60. The van der Waals surface area contributed by atoms with Crippen molar-refractivity contribution < 1.29 is 13.9 Å². The van der Waals surface area contributed by atoms with Crippen LogP contribution in [0.1, 0.15) is 33.9 Å². The van der Waals surface area contributed by atoms with Gasteiger partial charge in [-0.05, 0) is 42.5 Å². The molecule has 1 aromatic heterocycles. The zero-order valence-electron chi connectivity index (χ0n) is 15.3. The van der Waals surface area contributed by atoms with E-state index in [1.165, 1.54) is 17.5 Å². The highest BCUT2D eigenvalue weighted by atomic mass is 16.5. The lowest BCUT2D eigenvalue weighted by Gasteiger charge is -2.40. The molecule has 1 saturated heterocycles. The highest BCUT2D eigenvalue weighted by Gasteiger charge is 2.29. The number of carbonyl (C=O) groups is 1. The molecule has 1 aliphatic heterocycles.